The molecule has 0 radical (unpaired) electrons. The molecular weight excluding hydrogens is 565 g/mol. The van der Waals surface area contributed by atoms with Crippen molar-refractivity contribution in [2.24, 2.45) is 5.41 Å². The molecule has 0 spiro atoms. The van der Waals surface area contributed by atoms with E-state index in [1.54, 1.807) is 25.3 Å². The molecule has 0 saturated carbocycles. The molecule has 1 saturated heterocycles. The number of carbonyl (C=O) groups is 1. The molecule has 0 unspecified atom stereocenters. The van der Waals surface area contributed by atoms with Crippen LogP contribution in [-0.4, -0.2) is 58.6 Å². The summed E-state index contributed by atoms with van der Waals surface area (Å²) in [6.07, 6.45) is -1.47. The summed E-state index contributed by atoms with van der Waals surface area (Å²) < 4.78 is 43.6. The molecule has 1 aliphatic rings. The lowest BCUT2D eigenvalue weighted by molar-refractivity contribution is -0.141. The van der Waals surface area contributed by atoms with Crippen molar-refractivity contribution < 1.29 is 32.9 Å². The van der Waals surface area contributed by atoms with E-state index in [2.05, 4.69) is 9.88 Å². The van der Waals surface area contributed by atoms with E-state index in [0.717, 1.165) is 23.6 Å². The number of hydrogen-bond acceptors (Lipinski definition) is 6. The number of fused-ring (bicyclic) bond motifs is 1. The number of aliphatic hydroxyl groups excluding tert-OH is 1. The van der Waals surface area contributed by atoms with E-state index in [1.807, 2.05) is 0 Å². The minimum atomic E-state index is -4.35. The summed E-state index contributed by atoms with van der Waals surface area (Å²) in [5.41, 5.74) is 0.138. The summed E-state index contributed by atoms with van der Waals surface area (Å²) in [7, 11) is 1.56. The average Bonchev–Trinajstić information content (AvgIpc) is 2.92. The van der Waals surface area contributed by atoms with Crippen molar-refractivity contribution >= 4 is 40.2 Å². The van der Waals surface area contributed by atoms with Crippen LogP contribution in [0.5, 0.6) is 5.75 Å². The lowest BCUT2D eigenvalue weighted by Gasteiger charge is -2.41. The van der Waals surface area contributed by atoms with Gasteiger partial charge in [-0.3, -0.25) is 9.78 Å². The molecule has 2 heterocycles. The summed E-state index contributed by atoms with van der Waals surface area (Å²) in [6.45, 7) is 2.18. The monoisotopic (exact) mass is 596 g/mol. The van der Waals surface area contributed by atoms with E-state index in [-0.39, 0.29) is 6.42 Å². The molecule has 0 amide bonds. The van der Waals surface area contributed by atoms with E-state index in [0.29, 0.717) is 71.8 Å². The number of alkyl halides is 3. The maximum absolute atomic E-state index is 12.8. The summed E-state index contributed by atoms with van der Waals surface area (Å²) in [6, 6.07) is 10.5. The number of rotatable bonds is 11. The van der Waals surface area contributed by atoms with Crippen molar-refractivity contribution in [2.45, 2.75) is 49.3 Å². The van der Waals surface area contributed by atoms with Gasteiger partial charge in [0.2, 0.25) is 0 Å². The predicted molar refractivity (Wildman–Crippen MR) is 150 cm³/mol. The van der Waals surface area contributed by atoms with Gasteiger partial charge in [0.1, 0.15) is 5.75 Å². The van der Waals surface area contributed by atoms with Gasteiger partial charge in [-0.1, -0.05) is 11.6 Å². The van der Waals surface area contributed by atoms with Crippen LogP contribution in [-0.2, 0) is 11.0 Å². The van der Waals surface area contributed by atoms with Gasteiger partial charge in [-0.05, 0) is 86.7 Å². The van der Waals surface area contributed by atoms with Gasteiger partial charge in [-0.15, -0.1) is 11.8 Å². The Morgan fingerprint density at radius 1 is 1.20 bits per heavy atom. The van der Waals surface area contributed by atoms with Gasteiger partial charge in [0.25, 0.3) is 0 Å². The number of methoxy groups -OCH3 is 1. The highest BCUT2D eigenvalue weighted by Crippen LogP contribution is 2.43. The van der Waals surface area contributed by atoms with Crippen LogP contribution in [0.4, 0.5) is 13.2 Å². The second-order valence-electron chi connectivity index (χ2n) is 10.2. The topological polar surface area (TPSA) is 82.9 Å². The molecule has 3 aromatic rings. The number of nitrogens with zero attached hydrogens (tertiary/aromatic N) is 2. The molecule has 216 valence electrons. The predicted octanol–water partition coefficient (Wildman–Crippen LogP) is 7.08. The number of carboxylic acids is 1. The molecule has 6 nitrogen and oxygen atoms in total. The number of piperidine rings is 1. The number of likely N-dealkylation sites (tertiary alicyclic amines) is 1. The normalized spacial score (nSPS) is 16.6. The van der Waals surface area contributed by atoms with Crippen LogP contribution >= 0.6 is 23.4 Å². The van der Waals surface area contributed by atoms with E-state index in [9.17, 15) is 28.2 Å². The van der Waals surface area contributed by atoms with Crippen LogP contribution in [0.15, 0.2) is 53.6 Å². The fourth-order valence-corrected chi connectivity index (χ4v) is 6.53. The SMILES string of the molecule is COc1ccc2ncc(Cl)c([C@@H](O)CCC3(CC(=O)O)CCN(CCSc4ccc(C(F)(F)F)cc4)CC3)c2c1. The highest BCUT2D eigenvalue weighted by atomic mass is 35.5. The van der Waals surface area contributed by atoms with Crippen LogP contribution in [0.3, 0.4) is 0 Å². The molecule has 1 aromatic heterocycles. The zero-order valence-corrected chi connectivity index (χ0v) is 23.7. The number of aliphatic hydroxyl groups is 1. The third-order valence-corrected chi connectivity index (χ3v) is 8.94. The molecule has 1 atom stereocenters. The number of benzene rings is 2. The third kappa shape index (κ3) is 7.60. The smallest absolute Gasteiger partial charge is 0.416 e. The number of hydrogen-bond donors (Lipinski definition) is 2. The first kappa shape index (κ1) is 30.4. The highest BCUT2D eigenvalue weighted by molar-refractivity contribution is 7.99. The van der Waals surface area contributed by atoms with E-state index in [1.165, 1.54) is 30.1 Å². The molecule has 2 aromatic carbocycles. The first-order valence-corrected chi connectivity index (χ1v) is 14.4. The Bertz CT molecular complexity index is 1320. The zero-order valence-electron chi connectivity index (χ0n) is 22.1. The summed E-state index contributed by atoms with van der Waals surface area (Å²) in [5.74, 6) is 0.474. The molecule has 40 heavy (non-hydrogen) atoms. The maximum atomic E-state index is 12.8. The molecule has 0 aliphatic carbocycles. The number of ether oxygens (including phenoxy) is 1. The minimum Gasteiger partial charge on any atom is -0.497 e. The third-order valence-electron chi connectivity index (χ3n) is 7.65. The van der Waals surface area contributed by atoms with Gasteiger partial charge in [0.15, 0.2) is 0 Å². The second kappa shape index (κ2) is 13.0. The lowest BCUT2D eigenvalue weighted by atomic mass is 9.71. The van der Waals surface area contributed by atoms with Crippen molar-refractivity contribution in [2.75, 3.05) is 32.5 Å². The van der Waals surface area contributed by atoms with Gasteiger partial charge >= 0.3 is 12.1 Å². The number of aromatic nitrogens is 1. The van der Waals surface area contributed by atoms with Gasteiger partial charge in [0.05, 0.1) is 35.7 Å². The number of thioether (sulfide) groups is 1. The Morgan fingerprint density at radius 3 is 2.52 bits per heavy atom. The fraction of sp³-hybridized carbons (Fsp3) is 0.448. The molecule has 2 N–H and O–H groups in total. The molecule has 4 rings (SSSR count). The second-order valence-corrected chi connectivity index (χ2v) is 11.8. The number of carboxylic acid groups (broad SMARTS) is 1. The minimum absolute atomic E-state index is 0.0203. The molecule has 0 bridgehead atoms. The Morgan fingerprint density at radius 2 is 1.90 bits per heavy atom. The van der Waals surface area contributed by atoms with Gasteiger partial charge < -0.3 is 19.8 Å². The van der Waals surface area contributed by atoms with Crippen LogP contribution in [0, 0.1) is 5.41 Å². The Kier molecular flexibility index (Phi) is 9.87. The largest absolute Gasteiger partial charge is 0.497 e. The van der Waals surface area contributed by atoms with E-state index >= 15 is 0 Å². The van der Waals surface area contributed by atoms with Gasteiger partial charge in [0, 0.05) is 34.3 Å². The van der Waals surface area contributed by atoms with Crippen LogP contribution in [0.1, 0.15) is 49.3 Å². The van der Waals surface area contributed by atoms with Gasteiger partial charge in [-0.25, -0.2) is 0 Å². The van der Waals surface area contributed by atoms with Crippen molar-refractivity contribution in [3.05, 3.63) is 64.8 Å². The Labute approximate surface area is 240 Å². The standard InChI is InChI=1S/C29H32ClF3N2O4S/c1-39-20-4-7-24-22(16-20)27(23(30)18-34-24)25(36)8-9-28(17-26(37)38)10-12-35(13-11-28)14-15-40-21-5-2-19(3-6-21)29(31,32)33/h2-7,16,18,25,36H,8-15,17H2,1H3,(H,37,38)/t25-/m0/s1. The Balaban J connectivity index is 1.35. The number of pyridine rings is 1. The quantitative estimate of drug-likeness (QED) is 0.229. The van der Waals surface area contributed by atoms with E-state index in [4.69, 9.17) is 16.3 Å². The van der Waals surface area contributed by atoms with Crippen molar-refractivity contribution in [3.8, 4) is 5.75 Å². The lowest BCUT2D eigenvalue weighted by Crippen LogP contribution is -2.42. The summed E-state index contributed by atoms with van der Waals surface area (Å²) in [4.78, 5) is 19.2. The van der Waals surface area contributed by atoms with Crippen molar-refractivity contribution in [3.63, 3.8) is 0 Å². The number of halogens is 4. The molecule has 1 aliphatic heterocycles. The van der Waals surface area contributed by atoms with Crippen molar-refractivity contribution in [1.29, 1.82) is 0 Å². The van der Waals surface area contributed by atoms with Gasteiger partial charge in [-0.2, -0.15) is 13.2 Å². The van der Waals surface area contributed by atoms with Crippen LogP contribution in [0.2, 0.25) is 5.02 Å². The van der Waals surface area contributed by atoms with E-state index < -0.39 is 29.2 Å². The average molecular weight is 597 g/mol. The summed E-state index contributed by atoms with van der Waals surface area (Å²) >= 11 is 7.96. The van der Waals surface area contributed by atoms with Crippen LogP contribution < -0.4 is 4.74 Å². The highest BCUT2D eigenvalue weighted by Gasteiger charge is 2.37. The van der Waals surface area contributed by atoms with Crippen LogP contribution in [0.25, 0.3) is 10.9 Å². The fourth-order valence-electron chi connectivity index (χ4n) is 5.34. The van der Waals surface area contributed by atoms with Crippen molar-refractivity contribution in [1.82, 2.24) is 9.88 Å². The zero-order chi connectivity index (χ0) is 28.9. The Hall–Kier alpha value is -2.53. The maximum Gasteiger partial charge on any atom is 0.416 e. The summed E-state index contributed by atoms with van der Waals surface area (Å²) in [5, 5.41) is 21.9. The molecule has 11 heteroatoms. The first-order chi connectivity index (χ1) is 19.0. The first-order valence-electron chi connectivity index (χ1n) is 13.0. The molecular formula is C29H32ClF3N2O4S. The number of aliphatic carboxylic acids is 1. The molecule has 1 fully saturated rings.